The second kappa shape index (κ2) is 7.60. The van der Waals surface area contributed by atoms with Gasteiger partial charge in [0.2, 0.25) is 0 Å². The largest absolute Gasteiger partial charge is 0.456 e. The molecule has 7 rings (SSSR count). The lowest BCUT2D eigenvalue weighted by atomic mass is 9.97. The molecule has 0 saturated carbocycles. The maximum Gasteiger partial charge on any atom is 0.135 e. The lowest BCUT2D eigenvalue weighted by molar-refractivity contribution is 0.631. The smallest absolute Gasteiger partial charge is 0.135 e. The summed E-state index contributed by atoms with van der Waals surface area (Å²) in [4.78, 5) is 0. The summed E-state index contributed by atoms with van der Waals surface area (Å²) in [5, 5.41) is 7.15. The Bertz CT molecular complexity index is 1840. The first-order valence-electron chi connectivity index (χ1n) is 12.4. The molecule has 0 fully saturated rings. The van der Waals surface area contributed by atoms with Gasteiger partial charge >= 0.3 is 0 Å². The second-order valence-electron chi connectivity index (χ2n) is 10.0. The van der Waals surface area contributed by atoms with Gasteiger partial charge in [-0.25, -0.2) is 0 Å². The molecule has 0 unspecified atom stereocenters. The van der Waals surface area contributed by atoms with E-state index in [0.29, 0.717) is 0 Å². The van der Waals surface area contributed by atoms with Crippen molar-refractivity contribution in [2.24, 2.45) is 0 Å². The van der Waals surface area contributed by atoms with Crippen LogP contribution < -0.4 is 0 Å². The zero-order chi connectivity index (χ0) is 24.6. The van der Waals surface area contributed by atoms with Gasteiger partial charge in [0, 0.05) is 21.9 Å². The van der Waals surface area contributed by atoms with Gasteiger partial charge in [-0.1, -0.05) is 48.5 Å². The summed E-state index contributed by atoms with van der Waals surface area (Å²) in [7, 11) is 0. The van der Waals surface area contributed by atoms with Crippen molar-refractivity contribution in [3.63, 3.8) is 0 Å². The van der Waals surface area contributed by atoms with Gasteiger partial charge in [0.15, 0.2) is 0 Å². The molecule has 0 aliphatic rings. The van der Waals surface area contributed by atoms with Crippen LogP contribution in [-0.2, 0) is 0 Å². The van der Waals surface area contributed by atoms with E-state index in [0.717, 1.165) is 44.6 Å². The number of furan rings is 2. The van der Waals surface area contributed by atoms with Crippen LogP contribution in [0.4, 0.5) is 0 Å². The van der Waals surface area contributed by atoms with Crippen molar-refractivity contribution in [1.29, 1.82) is 0 Å². The zero-order valence-electron chi connectivity index (χ0n) is 20.9. The van der Waals surface area contributed by atoms with Crippen molar-refractivity contribution in [2.75, 3.05) is 0 Å². The van der Waals surface area contributed by atoms with Crippen molar-refractivity contribution in [1.82, 2.24) is 0 Å². The van der Waals surface area contributed by atoms with Gasteiger partial charge in [-0.05, 0) is 108 Å². The molecule has 2 nitrogen and oxygen atoms in total. The molecular formula is C34H26O2. The van der Waals surface area contributed by atoms with Crippen LogP contribution in [0.25, 0.3) is 66.1 Å². The van der Waals surface area contributed by atoms with Crippen molar-refractivity contribution < 1.29 is 8.83 Å². The predicted molar refractivity (Wildman–Crippen MR) is 151 cm³/mol. The molecule has 0 aliphatic heterocycles. The quantitative estimate of drug-likeness (QED) is 0.237. The summed E-state index contributed by atoms with van der Waals surface area (Å²) in [6.45, 7) is 8.56. The van der Waals surface area contributed by atoms with Crippen LogP contribution >= 0.6 is 0 Å². The molecular weight excluding hydrogens is 440 g/mol. The van der Waals surface area contributed by atoms with E-state index in [4.69, 9.17) is 8.83 Å². The topological polar surface area (TPSA) is 26.3 Å². The summed E-state index contributed by atoms with van der Waals surface area (Å²) < 4.78 is 12.6. The summed E-state index contributed by atoms with van der Waals surface area (Å²) in [6.07, 6.45) is 0. The zero-order valence-corrected chi connectivity index (χ0v) is 20.9. The molecule has 0 spiro atoms. The van der Waals surface area contributed by atoms with E-state index in [1.165, 1.54) is 43.8 Å². The van der Waals surface area contributed by atoms with Gasteiger partial charge < -0.3 is 8.83 Å². The minimum atomic E-state index is 0.906. The number of hydrogen-bond donors (Lipinski definition) is 0. The Morgan fingerprint density at radius 1 is 0.361 bits per heavy atom. The summed E-state index contributed by atoms with van der Waals surface area (Å²) in [6, 6.07) is 30.4. The Morgan fingerprint density at radius 3 is 1.17 bits per heavy atom. The average Bonchev–Trinajstić information content (AvgIpc) is 3.52. The molecule has 2 aromatic heterocycles. The van der Waals surface area contributed by atoms with Gasteiger partial charge in [-0.3, -0.25) is 0 Å². The lowest BCUT2D eigenvalue weighted by Gasteiger charge is -2.05. The van der Waals surface area contributed by atoms with E-state index in [-0.39, 0.29) is 0 Å². The molecule has 2 heterocycles. The fourth-order valence-electron chi connectivity index (χ4n) is 5.34. The van der Waals surface area contributed by atoms with Crippen LogP contribution in [0.2, 0.25) is 0 Å². The maximum absolute atomic E-state index is 6.29. The highest BCUT2D eigenvalue weighted by Gasteiger charge is 2.15. The first-order valence-corrected chi connectivity index (χ1v) is 12.4. The fourth-order valence-corrected chi connectivity index (χ4v) is 5.34. The van der Waals surface area contributed by atoms with Gasteiger partial charge in [-0.15, -0.1) is 0 Å². The van der Waals surface area contributed by atoms with Crippen molar-refractivity contribution in [3.05, 3.63) is 107 Å². The number of hydrogen-bond acceptors (Lipinski definition) is 2. The molecule has 0 N–H and O–H groups in total. The summed E-state index contributed by atoms with van der Waals surface area (Å²) in [5.41, 5.74) is 9.18. The summed E-state index contributed by atoms with van der Waals surface area (Å²) in [5.74, 6) is 1.81. The number of benzene rings is 5. The number of fused-ring (bicyclic) bond motifs is 7. The SMILES string of the molecule is Cc1ccc(-c2cc3c(ccc4c3ccc3c5cc(-c6ccc(C)c(C)c6)oc5ccc34)o2)cc1C. The molecule has 7 aromatic rings. The molecule has 36 heavy (non-hydrogen) atoms. The third-order valence-corrected chi connectivity index (χ3v) is 7.77. The van der Waals surface area contributed by atoms with E-state index in [9.17, 15) is 0 Å². The Morgan fingerprint density at radius 2 is 0.750 bits per heavy atom. The molecule has 0 bridgehead atoms. The van der Waals surface area contributed by atoms with Gasteiger partial charge in [-0.2, -0.15) is 0 Å². The Balaban J connectivity index is 1.41. The molecule has 2 heteroatoms. The lowest BCUT2D eigenvalue weighted by Crippen LogP contribution is -1.81. The maximum atomic E-state index is 6.29. The van der Waals surface area contributed by atoms with E-state index < -0.39 is 0 Å². The van der Waals surface area contributed by atoms with Crippen molar-refractivity contribution in [3.8, 4) is 22.6 Å². The van der Waals surface area contributed by atoms with Crippen molar-refractivity contribution >= 4 is 43.5 Å². The second-order valence-corrected chi connectivity index (χ2v) is 10.0. The van der Waals surface area contributed by atoms with Crippen LogP contribution in [-0.4, -0.2) is 0 Å². The predicted octanol–water partition coefficient (Wildman–Crippen LogP) is 10.1. The van der Waals surface area contributed by atoms with E-state index in [2.05, 4.69) is 113 Å². The molecule has 0 saturated heterocycles. The number of rotatable bonds is 2. The third kappa shape index (κ3) is 3.11. The highest BCUT2D eigenvalue weighted by molar-refractivity contribution is 6.21. The normalized spacial score (nSPS) is 11.9. The molecule has 0 atom stereocenters. The Hall–Kier alpha value is -4.30. The van der Waals surface area contributed by atoms with Gasteiger partial charge in [0.1, 0.15) is 22.7 Å². The minimum absolute atomic E-state index is 0.906. The van der Waals surface area contributed by atoms with Crippen LogP contribution in [0.15, 0.2) is 93.8 Å². The Kier molecular flexibility index (Phi) is 4.44. The minimum Gasteiger partial charge on any atom is -0.456 e. The standard InChI is InChI=1S/C34H26O2/c1-19-5-7-23(15-21(19)3)33-17-29-27-9-10-28-26(25(27)11-13-31(29)35-33)12-14-32-30(28)18-34(36-32)24-8-6-20(2)22(4)16-24/h5-18H,1-4H3. The van der Waals surface area contributed by atoms with Gasteiger partial charge in [0.25, 0.3) is 0 Å². The van der Waals surface area contributed by atoms with Crippen LogP contribution in [0.1, 0.15) is 22.3 Å². The van der Waals surface area contributed by atoms with Crippen LogP contribution in [0.5, 0.6) is 0 Å². The fraction of sp³-hybridized carbons (Fsp3) is 0.118. The molecule has 174 valence electrons. The van der Waals surface area contributed by atoms with Crippen LogP contribution in [0.3, 0.4) is 0 Å². The van der Waals surface area contributed by atoms with Crippen molar-refractivity contribution in [2.45, 2.75) is 27.7 Å². The van der Waals surface area contributed by atoms with Crippen LogP contribution in [0, 0.1) is 27.7 Å². The Labute approximate surface area is 209 Å². The summed E-state index contributed by atoms with van der Waals surface area (Å²) >= 11 is 0. The monoisotopic (exact) mass is 466 g/mol. The highest BCUT2D eigenvalue weighted by Crippen LogP contribution is 2.39. The van der Waals surface area contributed by atoms with E-state index in [1.807, 2.05) is 0 Å². The number of aryl methyl sites for hydroxylation is 4. The highest BCUT2D eigenvalue weighted by atomic mass is 16.3. The van der Waals surface area contributed by atoms with Gasteiger partial charge in [0.05, 0.1) is 0 Å². The third-order valence-electron chi connectivity index (χ3n) is 7.77. The average molecular weight is 467 g/mol. The molecule has 0 aliphatic carbocycles. The van der Waals surface area contributed by atoms with E-state index in [1.54, 1.807) is 0 Å². The first-order chi connectivity index (χ1) is 17.5. The molecule has 0 radical (unpaired) electrons. The van der Waals surface area contributed by atoms with E-state index >= 15 is 0 Å². The molecule has 0 amide bonds. The molecule has 5 aromatic carbocycles. The first kappa shape index (κ1) is 21.0.